The molecule has 0 saturated heterocycles. The van der Waals surface area contributed by atoms with Crippen molar-refractivity contribution in [2.45, 2.75) is 12.5 Å². The Morgan fingerprint density at radius 3 is 2.69 bits per heavy atom. The molecule has 0 unspecified atom stereocenters. The maximum Gasteiger partial charge on any atom is 0.345 e. The summed E-state index contributed by atoms with van der Waals surface area (Å²) in [6.07, 6.45) is -0.0109. The van der Waals surface area contributed by atoms with Crippen molar-refractivity contribution in [3.63, 3.8) is 0 Å². The molecule has 32 heavy (non-hydrogen) atoms. The lowest BCUT2D eigenvalue weighted by atomic mass is 9.96. The highest BCUT2D eigenvalue weighted by atomic mass is 16.4. The van der Waals surface area contributed by atoms with E-state index in [1.807, 2.05) is 6.07 Å². The highest BCUT2D eigenvalue weighted by molar-refractivity contribution is 6.04. The van der Waals surface area contributed by atoms with E-state index in [-0.39, 0.29) is 29.0 Å². The molecule has 0 aliphatic carbocycles. The third kappa shape index (κ3) is 3.11. The second kappa shape index (κ2) is 7.38. The predicted molar refractivity (Wildman–Crippen MR) is 119 cm³/mol. The van der Waals surface area contributed by atoms with Gasteiger partial charge in [0.15, 0.2) is 0 Å². The Balaban J connectivity index is 1.66. The van der Waals surface area contributed by atoms with Gasteiger partial charge < -0.3 is 19.4 Å². The number of para-hydroxylation sites is 2. The van der Waals surface area contributed by atoms with E-state index in [0.29, 0.717) is 21.9 Å². The van der Waals surface area contributed by atoms with Crippen molar-refractivity contribution in [2.75, 3.05) is 0 Å². The third-order valence-electron chi connectivity index (χ3n) is 5.61. The first-order chi connectivity index (χ1) is 15.4. The Kier molecular flexibility index (Phi) is 4.51. The number of pyridine rings is 1. The minimum atomic E-state index is -0.926. The number of carbonyl (C=O) groups excluding carboxylic acids is 1. The molecule has 9 heteroatoms. The molecule has 0 saturated carbocycles. The Labute approximate surface area is 180 Å². The second-order valence-electron chi connectivity index (χ2n) is 7.53. The number of aromatic hydroxyl groups is 1. The van der Waals surface area contributed by atoms with Gasteiger partial charge in [-0.2, -0.15) is 5.10 Å². The average Bonchev–Trinajstić information content (AvgIpc) is 2.98. The van der Waals surface area contributed by atoms with Crippen LogP contribution in [-0.2, 0) is 7.05 Å². The predicted octanol–water partition coefficient (Wildman–Crippen LogP) is 2.50. The van der Waals surface area contributed by atoms with Crippen molar-refractivity contribution < 1.29 is 14.3 Å². The number of hydrazone groups is 1. The molecule has 1 atom stereocenters. The second-order valence-corrected chi connectivity index (χ2v) is 7.53. The lowest BCUT2D eigenvalue weighted by molar-refractivity contribution is 0.238. The van der Waals surface area contributed by atoms with Gasteiger partial charge in [0.1, 0.15) is 11.3 Å². The fourth-order valence-electron chi connectivity index (χ4n) is 4.02. The highest BCUT2D eigenvalue weighted by Gasteiger charge is 2.29. The number of rotatable bonds is 2. The Morgan fingerprint density at radius 2 is 1.84 bits per heavy atom. The summed E-state index contributed by atoms with van der Waals surface area (Å²) in [5.41, 5.74) is 2.63. The first kappa shape index (κ1) is 19.6. The number of hydrogen-bond acceptors (Lipinski definition) is 6. The van der Waals surface area contributed by atoms with E-state index in [1.54, 1.807) is 55.6 Å². The first-order valence-electron chi connectivity index (χ1n) is 9.91. The molecule has 0 spiro atoms. The molecule has 2 aromatic carbocycles. The zero-order chi connectivity index (χ0) is 22.4. The first-order valence-corrected chi connectivity index (χ1v) is 9.91. The van der Waals surface area contributed by atoms with Crippen LogP contribution in [0.2, 0.25) is 0 Å². The van der Waals surface area contributed by atoms with E-state index in [4.69, 9.17) is 4.42 Å². The van der Waals surface area contributed by atoms with Crippen molar-refractivity contribution in [1.29, 1.82) is 0 Å². The molecular weight excluding hydrogens is 412 g/mol. The fourth-order valence-corrected chi connectivity index (χ4v) is 4.02. The van der Waals surface area contributed by atoms with Crippen LogP contribution < -0.4 is 21.9 Å². The van der Waals surface area contributed by atoms with Gasteiger partial charge in [-0.15, -0.1) is 0 Å². The fraction of sp³-hybridized carbons (Fsp3) is 0.130. The normalized spacial score (nSPS) is 16.3. The molecule has 5 rings (SSSR count). The zero-order valence-corrected chi connectivity index (χ0v) is 17.0. The van der Waals surface area contributed by atoms with Crippen LogP contribution in [0.25, 0.3) is 21.9 Å². The van der Waals surface area contributed by atoms with Crippen LogP contribution >= 0.6 is 0 Å². The smallest absolute Gasteiger partial charge is 0.345 e. The van der Waals surface area contributed by atoms with Gasteiger partial charge in [0.25, 0.3) is 5.56 Å². The van der Waals surface area contributed by atoms with Gasteiger partial charge in [-0.25, -0.2) is 15.0 Å². The molecule has 0 fully saturated rings. The third-order valence-corrected chi connectivity index (χ3v) is 5.61. The van der Waals surface area contributed by atoms with Crippen molar-refractivity contribution in [1.82, 2.24) is 15.3 Å². The zero-order valence-electron chi connectivity index (χ0n) is 17.0. The van der Waals surface area contributed by atoms with Crippen molar-refractivity contribution in [2.24, 2.45) is 12.1 Å². The highest BCUT2D eigenvalue weighted by Crippen LogP contribution is 2.32. The topological polar surface area (TPSA) is 126 Å². The van der Waals surface area contributed by atoms with Gasteiger partial charge >= 0.3 is 11.7 Å². The molecule has 2 amide bonds. The summed E-state index contributed by atoms with van der Waals surface area (Å²) in [7, 11) is 1.59. The van der Waals surface area contributed by atoms with Crippen LogP contribution in [0.3, 0.4) is 0 Å². The van der Waals surface area contributed by atoms with E-state index in [2.05, 4.69) is 15.8 Å². The summed E-state index contributed by atoms with van der Waals surface area (Å²) in [5.74, 6) is -0.221. The summed E-state index contributed by atoms with van der Waals surface area (Å²) in [6, 6.07) is 14.0. The molecule has 9 nitrogen and oxygen atoms in total. The molecule has 4 aromatic rings. The van der Waals surface area contributed by atoms with Gasteiger partial charge in [0.2, 0.25) is 0 Å². The number of nitrogens with one attached hydrogen (secondary N) is 2. The van der Waals surface area contributed by atoms with Crippen molar-refractivity contribution >= 4 is 33.6 Å². The van der Waals surface area contributed by atoms with Crippen molar-refractivity contribution in [3.05, 3.63) is 86.5 Å². The Hall–Kier alpha value is -4.40. The van der Waals surface area contributed by atoms with Gasteiger partial charge in [-0.1, -0.05) is 30.3 Å². The standard InChI is InChI=1S/C23H18N4O5/c1-27-17-8-4-3-7-13(17)20(28)19(21(27)29)16-11-15(25-26-23(31)24-16)14-10-12-6-2-5-9-18(12)32-22(14)30/h2-10,16,28H,11H2,1H3,(H2,24,26,31)/t16-/m1/s1. The summed E-state index contributed by atoms with van der Waals surface area (Å²) in [6.45, 7) is 0. The van der Waals surface area contributed by atoms with Crippen molar-refractivity contribution in [3.8, 4) is 5.75 Å². The largest absolute Gasteiger partial charge is 0.507 e. The molecule has 1 aliphatic rings. The molecular formula is C23H18N4O5. The van der Waals surface area contributed by atoms with Gasteiger partial charge in [0, 0.05) is 24.2 Å². The molecule has 0 bridgehead atoms. The van der Waals surface area contributed by atoms with E-state index < -0.39 is 23.3 Å². The lowest BCUT2D eigenvalue weighted by Crippen LogP contribution is -2.37. The minimum Gasteiger partial charge on any atom is -0.507 e. The molecule has 160 valence electrons. The molecule has 1 aliphatic heterocycles. The van der Waals surface area contributed by atoms with Gasteiger partial charge in [-0.05, 0) is 24.3 Å². The van der Waals surface area contributed by atoms with Gasteiger partial charge in [-0.3, -0.25) is 4.79 Å². The number of benzene rings is 2. The van der Waals surface area contributed by atoms with E-state index in [1.165, 1.54) is 4.57 Å². The lowest BCUT2D eigenvalue weighted by Gasteiger charge is -2.19. The summed E-state index contributed by atoms with van der Waals surface area (Å²) in [5, 5.41) is 18.8. The number of fused-ring (bicyclic) bond motifs is 2. The minimum absolute atomic E-state index is 0.0109. The Bertz CT molecular complexity index is 1550. The van der Waals surface area contributed by atoms with Crippen LogP contribution in [-0.4, -0.2) is 21.4 Å². The van der Waals surface area contributed by atoms with Crippen LogP contribution in [0.15, 0.2) is 73.7 Å². The van der Waals surface area contributed by atoms with Crippen LogP contribution in [0.5, 0.6) is 5.75 Å². The van der Waals surface area contributed by atoms with Crippen LogP contribution in [0, 0.1) is 0 Å². The number of hydrogen-bond donors (Lipinski definition) is 3. The summed E-state index contributed by atoms with van der Waals surface area (Å²) in [4.78, 5) is 38.0. The number of aromatic nitrogens is 1. The number of aryl methyl sites for hydroxylation is 1. The number of amides is 2. The van der Waals surface area contributed by atoms with E-state index in [0.717, 1.165) is 0 Å². The maximum atomic E-state index is 13.1. The molecule has 3 N–H and O–H groups in total. The van der Waals surface area contributed by atoms with E-state index in [9.17, 15) is 19.5 Å². The van der Waals surface area contributed by atoms with Crippen LogP contribution in [0.1, 0.15) is 23.6 Å². The summed E-state index contributed by atoms with van der Waals surface area (Å²) >= 11 is 0. The number of urea groups is 1. The number of nitrogens with zero attached hydrogens (tertiary/aromatic N) is 2. The van der Waals surface area contributed by atoms with E-state index >= 15 is 0 Å². The van der Waals surface area contributed by atoms with Crippen LogP contribution in [0.4, 0.5) is 4.79 Å². The number of carbonyl (C=O) groups is 1. The molecule has 2 aromatic heterocycles. The van der Waals surface area contributed by atoms with Gasteiger partial charge in [0.05, 0.1) is 28.4 Å². The summed E-state index contributed by atoms with van der Waals surface area (Å²) < 4.78 is 6.81. The molecule has 3 heterocycles. The average molecular weight is 430 g/mol. The molecule has 0 radical (unpaired) electrons. The quantitative estimate of drug-likeness (QED) is 0.421. The Morgan fingerprint density at radius 1 is 1.09 bits per heavy atom. The SMILES string of the molecule is Cn1c(=O)c([C@H]2CC(c3cc4ccccc4oc3=O)=NNC(=O)N2)c(O)c2ccccc21. The maximum absolute atomic E-state index is 13.1. The monoisotopic (exact) mass is 430 g/mol.